The molecule has 0 saturated heterocycles. The van der Waals surface area contributed by atoms with Gasteiger partial charge in [0.15, 0.2) is 0 Å². The Hall–Kier alpha value is -3.28. The highest BCUT2D eigenvalue weighted by Gasteiger charge is 2.24. The van der Waals surface area contributed by atoms with Crippen molar-refractivity contribution in [2.24, 2.45) is 0 Å². The van der Waals surface area contributed by atoms with Gasteiger partial charge in [-0.3, -0.25) is 4.79 Å². The Morgan fingerprint density at radius 2 is 2.09 bits per heavy atom. The number of hydrogen-bond acceptors (Lipinski definition) is 7. The molecule has 2 aromatic carbocycles. The van der Waals surface area contributed by atoms with Gasteiger partial charge in [-0.15, -0.1) is 10.2 Å². The number of benzene rings is 2. The van der Waals surface area contributed by atoms with Crippen molar-refractivity contribution in [3.8, 4) is 26.9 Å². The zero-order valence-electron chi connectivity index (χ0n) is 18.9. The van der Waals surface area contributed by atoms with Gasteiger partial charge >= 0.3 is 5.97 Å². The van der Waals surface area contributed by atoms with Gasteiger partial charge in [-0.05, 0) is 56.4 Å². The Bertz CT molecular complexity index is 1200. The van der Waals surface area contributed by atoms with E-state index < -0.39 is 0 Å². The quantitative estimate of drug-likeness (QED) is 0.377. The summed E-state index contributed by atoms with van der Waals surface area (Å²) in [5, 5.41) is 13.8. The molecule has 1 heterocycles. The third-order valence-electron chi connectivity index (χ3n) is 5.57. The molecule has 0 saturated carbocycles. The van der Waals surface area contributed by atoms with E-state index in [-0.39, 0.29) is 24.7 Å². The highest BCUT2D eigenvalue weighted by molar-refractivity contribution is 7.17. The first kappa shape index (κ1) is 22.9. The van der Waals surface area contributed by atoms with Gasteiger partial charge in [0.2, 0.25) is 5.69 Å². The first-order chi connectivity index (χ1) is 16.0. The van der Waals surface area contributed by atoms with E-state index in [1.165, 1.54) is 29.6 Å². The topological polar surface area (TPSA) is 77.7 Å². The normalized spacial score (nSPS) is 15.1. The van der Waals surface area contributed by atoms with Crippen molar-refractivity contribution in [2.75, 3.05) is 13.7 Å². The lowest BCUT2D eigenvalue weighted by atomic mass is 9.85. The minimum absolute atomic E-state index is 0.000302. The van der Waals surface area contributed by atoms with Crippen molar-refractivity contribution in [3.63, 3.8) is 0 Å². The van der Waals surface area contributed by atoms with Crippen LogP contribution in [0.3, 0.4) is 0 Å². The maximum atomic E-state index is 11.6. The van der Waals surface area contributed by atoms with Crippen LogP contribution in [-0.2, 0) is 16.0 Å². The standard InChI is InChI=1S/C25H26N4O3S/c1-15(2)32-22-12-11-16(13-21(22)26-3)24-28-29-25(33-24)19-9-5-8-18-17(19)7-6-10-20(18)27-14-23(30)31-4/h5,8-9,11-13,15,20,27H,6-7,10,14H2,1-2,4H3/t20-/m1/s1. The molecular formula is C25H26N4O3S. The third kappa shape index (κ3) is 5.05. The molecule has 0 unspecified atom stereocenters. The Kier molecular flexibility index (Phi) is 7.02. The van der Waals surface area contributed by atoms with E-state index in [1.54, 1.807) is 0 Å². The van der Waals surface area contributed by atoms with Crippen LogP contribution in [0.15, 0.2) is 36.4 Å². The number of carbonyl (C=O) groups excluding carboxylic acids is 1. The number of esters is 1. The number of nitrogens with zero attached hydrogens (tertiary/aromatic N) is 3. The molecule has 1 atom stereocenters. The van der Waals surface area contributed by atoms with Gasteiger partial charge < -0.3 is 14.8 Å². The summed E-state index contributed by atoms with van der Waals surface area (Å²) < 4.78 is 10.5. The summed E-state index contributed by atoms with van der Waals surface area (Å²) in [4.78, 5) is 15.2. The van der Waals surface area contributed by atoms with E-state index in [0.717, 1.165) is 40.4 Å². The Morgan fingerprint density at radius 1 is 1.27 bits per heavy atom. The maximum absolute atomic E-state index is 11.6. The second kappa shape index (κ2) is 10.1. The van der Waals surface area contributed by atoms with Gasteiger partial charge in [0, 0.05) is 17.2 Å². The molecule has 4 rings (SSSR count). The molecule has 0 fully saturated rings. The smallest absolute Gasteiger partial charge is 0.319 e. The molecule has 0 amide bonds. The minimum Gasteiger partial charge on any atom is -0.502 e. The molecule has 1 aromatic heterocycles. The van der Waals surface area contributed by atoms with Gasteiger partial charge in [0.05, 0.1) is 26.3 Å². The predicted molar refractivity (Wildman–Crippen MR) is 129 cm³/mol. The van der Waals surface area contributed by atoms with Gasteiger partial charge in [0.25, 0.3) is 0 Å². The van der Waals surface area contributed by atoms with E-state index in [2.05, 4.69) is 32.5 Å². The average Bonchev–Trinajstić information content (AvgIpc) is 3.32. The molecule has 0 aliphatic heterocycles. The number of hydrogen-bond donors (Lipinski definition) is 1. The summed E-state index contributed by atoms with van der Waals surface area (Å²) in [6.45, 7) is 11.6. The average molecular weight is 463 g/mol. The number of methoxy groups -OCH3 is 1. The fraction of sp³-hybridized carbons (Fsp3) is 0.360. The van der Waals surface area contributed by atoms with Crippen LogP contribution in [-0.4, -0.2) is 35.9 Å². The van der Waals surface area contributed by atoms with Crippen molar-refractivity contribution >= 4 is 23.0 Å². The van der Waals surface area contributed by atoms with Crippen LogP contribution in [0.1, 0.15) is 43.9 Å². The number of nitrogens with one attached hydrogen (secondary N) is 1. The molecule has 7 nitrogen and oxygen atoms in total. The van der Waals surface area contributed by atoms with Crippen LogP contribution in [0.25, 0.3) is 26.0 Å². The summed E-state index contributed by atoms with van der Waals surface area (Å²) in [5.74, 6) is 0.312. The first-order valence-electron chi connectivity index (χ1n) is 10.9. The highest BCUT2D eigenvalue weighted by atomic mass is 32.1. The molecule has 1 aliphatic carbocycles. The van der Waals surface area contributed by atoms with Crippen molar-refractivity contribution in [2.45, 2.75) is 45.3 Å². The number of fused-ring (bicyclic) bond motifs is 1. The summed E-state index contributed by atoms with van der Waals surface area (Å²) >= 11 is 1.51. The van der Waals surface area contributed by atoms with E-state index in [1.807, 2.05) is 38.1 Å². The molecule has 170 valence electrons. The molecule has 1 N–H and O–H groups in total. The minimum atomic E-state index is -0.268. The number of carbonyl (C=O) groups is 1. The lowest BCUT2D eigenvalue weighted by molar-refractivity contribution is -0.139. The Morgan fingerprint density at radius 3 is 2.85 bits per heavy atom. The first-order valence-corrected chi connectivity index (χ1v) is 11.8. The summed E-state index contributed by atoms with van der Waals surface area (Å²) in [5.41, 5.74) is 4.84. The lowest BCUT2D eigenvalue weighted by Crippen LogP contribution is -2.30. The molecule has 33 heavy (non-hydrogen) atoms. The van der Waals surface area contributed by atoms with Gasteiger partial charge in [-0.2, -0.15) is 0 Å². The monoisotopic (exact) mass is 462 g/mol. The zero-order valence-corrected chi connectivity index (χ0v) is 19.7. The summed E-state index contributed by atoms with van der Waals surface area (Å²) in [6, 6.07) is 11.9. The van der Waals surface area contributed by atoms with Crippen LogP contribution < -0.4 is 10.1 Å². The van der Waals surface area contributed by atoms with Gasteiger partial charge in [-0.25, -0.2) is 4.85 Å². The fourth-order valence-corrected chi connectivity index (χ4v) is 4.97. The highest BCUT2D eigenvalue weighted by Crippen LogP contribution is 2.40. The van der Waals surface area contributed by atoms with Crippen LogP contribution in [0.2, 0.25) is 0 Å². The molecule has 3 aromatic rings. The van der Waals surface area contributed by atoms with Crippen molar-refractivity contribution in [1.82, 2.24) is 15.5 Å². The maximum Gasteiger partial charge on any atom is 0.319 e. The fourth-order valence-electron chi connectivity index (χ4n) is 4.08. The summed E-state index contributed by atoms with van der Waals surface area (Å²) in [7, 11) is 1.40. The van der Waals surface area contributed by atoms with Crippen LogP contribution in [0.4, 0.5) is 5.69 Å². The summed E-state index contributed by atoms with van der Waals surface area (Å²) in [6.07, 6.45) is 2.96. The Labute approximate surface area is 197 Å². The molecule has 1 aliphatic rings. The van der Waals surface area contributed by atoms with Crippen molar-refractivity contribution in [1.29, 1.82) is 0 Å². The SMILES string of the molecule is [C-]#[N+]c1cc(-c2nnc(-c3cccc4c3CCC[C@H]4NCC(=O)OC)s2)ccc1OC(C)C. The van der Waals surface area contributed by atoms with Gasteiger partial charge in [-0.1, -0.05) is 35.6 Å². The largest absolute Gasteiger partial charge is 0.502 e. The van der Waals surface area contributed by atoms with Crippen molar-refractivity contribution in [3.05, 3.63) is 58.9 Å². The Balaban J connectivity index is 1.62. The number of ether oxygens (including phenoxy) is 2. The van der Waals surface area contributed by atoms with Crippen LogP contribution in [0.5, 0.6) is 5.75 Å². The lowest BCUT2D eigenvalue weighted by Gasteiger charge is -2.27. The number of rotatable bonds is 7. The number of aromatic nitrogens is 2. The molecule has 0 spiro atoms. The molecule has 0 bridgehead atoms. The second-order valence-electron chi connectivity index (χ2n) is 8.15. The second-order valence-corrected chi connectivity index (χ2v) is 9.13. The zero-order chi connectivity index (χ0) is 23.4. The predicted octanol–water partition coefficient (Wildman–Crippen LogP) is 5.35. The van der Waals surface area contributed by atoms with E-state index in [4.69, 9.17) is 16.0 Å². The molecule has 8 heteroatoms. The van der Waals surface area contributed by atoms with Crippen LogP contribution >= 0.6 is 11.3 Å². The van der Waals surface area contributed by atoms with E-state index in [9.17, 15) is 4.79 Å². The van der Waals surface area contributed by atoms with Crippen molar-refractivity contribution < 1.29 is 14.3 Å². The van der Waals surface area contributed by atoms with Crippen LogP contribution in [0, 0.1) is 6.57 Å². The molecule has 0 radical (unpaired) electrons. The van der Waals surface area contributed by atoms with E-state index in [0.29, 0.717) is 11.4 Å². The van der Waals surface area contributed by atoms with Gasteiger partial charge in [0.1, 0.15) is 15.8 Å². The third-order valence-corrected chi connectivity index (χ3v) is 6.58. The van der Waals surface area contributed by atoms with E-state index >= 15 is 0 Å². The molecular weight excluding hydrogens is 436 g/mol.